The molecule has 2 heteroatoms. The summed E-state index contributed by atoms with van der Waals surface area (Å²) < 4.78 is 0. The van der Waals surface area contributed by atoms with Crippen molar-refractivity contribution in [2.45, 2.75) is 59.0 Å². The summed E-state index contributed by atoms with van der Waals surface area (Å²) >= 11 is 0. The fourth-order valence-corrected chi connectivity index (χ4v) is 4.01. The quantitative estimate of drug-likeness (QED) is 0.762. The lowest BCUT2D eigenvalue weighted by atomic mass is 9.54. The normalized spacial score (nSPS) is 47.1. The van der Waals surface area contributed by atoms with E-state index in [0.717, 1.165) is 25.7 Å². The first kappa shape index (κ1) is 13.1. The number of hydrogen-bond donors (Lipinski definition) is 1. The highest BCUT2D eigenvalue weighted by Crippen LogP contribution is 2.51. The Bertz CT molecular complexity index is 310. The van der Waals surface area contributed by atoms with Crippen LogP contribution in [-0.2, 0) is 4.79 Å². The van der Waals surface area contributed by atoms with Gasteiger partial charge in [0, 0.05) is 5.92 Å². The van der Waals surface area contributed by atoms with Crippen molar-refractivity contribution in [3.05, 3.63) is 0 Å². The van der Waals surface area contributed by atoms with Gasteiger partial charge in [0.15, 0.2) is 0 Å². The summed E-state index contributed by atoms with van der Waals surface area (Å²) in [5, 5.41) is 10.9. The first-order valence-electron chi connectivity index (χ1n) is 7.14. The zero-order chi connectivity index (χ0) is 12.8. The summed E-state index contributed by atoms with van der Waals surface area (Å²) in [7, 11) is 0. The van der Waals surface area contributed by atoms with E-state index < -0.39 is 5.60 Å². The van der Waals surface area contributed by atoms with E-state index in [0.29, 0.717) is 17.6 Å². The molecule has 2 nitrogen and oxygen atoms in total. The molecule has 0 heterocycles. The molecule has 5 atom stereocenters. The van der Waals surface area contributed by atoms with Crippen LogP contribution < -0.4 is 0 Å². The van der Waals surface area contributed by atoms with Crippen molar-refractivity contribution < 1.29 is 9.90 Å². The van der Waals surface area contributed by atoms with Crippen LogP contribution in [0.4, 0.5) is 0 Å². The summed E-state index contributed by atoms with van der Waals surface area (Å²) in [4.78, 5) is 12.5. The number of fused-ring (bicyclic) bond motifs is 1. The number of carbonyl (C=O) groups is 1. The van der Waals surface area contributed by atoms with Crippen LogP contribution in [0.25, 0.3) is 0 Å². The molecule has 17 heavy (non-hydrogen) atoms. The fraction of sp³-hybridized carbons (Fsp3) is 0.933. The third-order valence-corrected chi connectivity index (χ3v) is 5.38. The Labute approximate surface area is 105 Å². The highest BCUT2D eigenvalue weighted by atomic mass is 16.3. The molecule has 0 bridgehead atoms. The van der Waals surface area contributed by atoms with Gasteiger partial charge in [-0.15, -0.1) is 0 Å². The Kier molecular flexibility index (Phi) is 3.37. The number of Topliss-reactive ketones (excluding diaryl/α,β-unsaturated/α-hetero) is 1. The van der Waals surface area contributed by atoms with Gasteiger partial charge in [0.05, 0.1) is 11.5 Å². The van der Waals surface area contributed by atoms with Gasteiger partial charge in [-0.1, -0.05) is 27.7 Å². The van der Waals surface area contributed by atoms with Crippen LogP contribution in [0.15, 0.2) is 0 Å². The van der Waals surface area contributed by atoms with Gasteiger partial charge in [-0.3, -0.25) is 4.79 Å². The molecule has 0 aliphatic heterocycles. The number of carbonyl (C=O) groups excluding carboxylic acids is 1. The molecule has 0 saturated heterocycles. The molecule has 0 aromatic heterocycles. The van der Waals surface area contributed by atoms with Gasteiger partial charge in [-0.25, -0.2) is 0 Å². The molecular weight excluding hydrogens is 212 g/mol. The van der Waals surface area contributed by atoms with Gasteiger partial charge in [-0.2, -0.15) is 0 Å². The van der Waals surface area contributed by atoms with E-state index in [1.807, 2.05) is 6.92 Å². The van der Waals surface area contributed by atoms with Crippen LogP contribution in [0, 0.1) is 29.6 Å². The zero-order valence-electron chi connectivity index (χ0n) is 11.6. The molecule has 0 radical (unpaired) electrons. The molecule has 2 aliphatic rings. The smallest absolute Gasteiger partial charge is 0.141 e. The van der Waals surface area contributed by atoms with Gasteiger partial charge < -0.3 is 5.11 Å². The van der Waals surface area contributed by atoms with E-state index in [1.165, 1.54) is 0 Å². The van der Waals surface area contributed by atoms with E-state index >= 15 is 0 Å². The first-order chi connectivity index (χ1) is 7.88. The zero-order valence-corrected chi connectivity index (χ0v) is 11.6. The molecule has 0 spiro atoms. The SMILES string of the molecule is CC(C)[C@@H]1CC[C@@H](C)[C@@]2(O)CC[C@H](C)C(=O)[C@@H]12. The molecule has 0 unspecified atom stereocenters. The molecule has 1 N–H and O–H groups in total. The lowest BCUT2D eigenvalue weighted by molar-refractivity contribution is -0.170. The highest BCUT2D eigenvalue weighted by molar-refractivity contribution is 5.85. The van der Waals surface area contributed by atoms with Crippen molar-refractivity contribution in [1.82, 2.24) is 0 Å². The molecule has 98 valence electrons. The summed E-state index contributed by atoms with van der Waals surface area (Å²) in [6, 6.07) is 0. The monoisotopic (exact) mass is 238 g/mol. The maximum Gasteiger partial charge on any atom is 0.141 e. The second-order valence-corrected chi connectivity index (χ2v) is 6.70. The van der Waals surface area contributed by atoms with E-state index in [9.17, 15) is 9.90 Å². The van der Waals surface area contributed by atoms with Gasteiger partial charge in [0.1, 0.15) is 5.78 Å². The van der Waals surface area contributed by atoms with Gasteiger partial charge >= 0.3 is 0 Å². The Morgan fingerprint density at radius 2 is 1.88 bits per heavy atom. The lowest BCUT2D eigenvalue weighted by Gasteiger charge is -2.52. The van der Waals surface area contributed by atoms with Crippen molar-refractivity contribution in [3.63, 3.8) is 0 Å². The number of ketones is 1. The molecule has 2 fully saturated rings. The third-order valence-electron chi connectivity index (χ3n) is 5.38. The molecule has 0 amide bonds. The fourth-order valence-electron chi connectivity index (χ4n) is 4.01. The second-order valence-electron chi connectivity index (χ2n) is 6.70. The Morgan fingerprint density at radius 1 is 1.24 bits per heavy atom. The Balaban J connectivity index is 2.35. The van der Waals surface area contributed by atoms with E-state index in [1.54, 1.807) is 0 Å². The lowest BCUT2D eigenvalue weighted by Crippen LogP contribution is -2.58. The molecule has 2 saturated carbocycles. The van der Waals surface area contributed by atoms with Crippen LogP contribution in [0.2, 0.25) is 0 Å². The van der Waals surface area contributed by atoms with Crippen LogP contribution >= 0.6 is 0 Å². The predicted molar refractivity (Wildman–Crippen MR) is 68.6 cm³/mol. The topological polar surface area (TPSA) is 37.3 Å². The van der Waals surface area contributed by atoms with Crippen molar-refractivity contribution in [2.75, 3.05) is 0 Å². The minimum atomic E-state index is -0.712. The molecule has 0 aromatic carbocycles. The van der Waals surface area contributed by atoms with Gasteiger partial charge in [0.2, 0.25) is 0 Å². The number of rotatable bonds is 1. The first-order valence-corrected chi connectivity index (χ1v) is 7.14. The number of aliphatic hydroxyl groups is 1. The van der Waals surface area contributed by atoms with Crippen molar-refractivity contribution in [1.29, 1.82) is 0 Å². The molecular formula is C15H26O2. The van der Waals surface area contributed by atoms with E-state index in [2.05, 4.69) is 20.8 Å². The summed E-state index contributed by atoms with van der Waals surface area (Å²) in [6.45, 7) is 8.52. The Morgan fingerprint density at radius 3 is 2.47 bits per heavy atom. The van der Waals surface area contributed by atoms with Crippen LogP contribution in [0.1, 0.15) is 53.4 Å². The average Bonchev–Trinajstić information content (AvgIpc) is 2.26. The maximum atomic E-state index is 12.5. The molecule has 0 aromatic rings. The van der Waals surface area contributed by atoms with Crippen LogP contribution in [0.3, 0.4) is 0 Å². The highest BCUT2D eigenvalue weighted by Gasteiger charge is 2.55. The van der Waals surface area contributed by atoms with Crippen LogP contribution in [-0.4, -0.2) is 16.5 Å². The largest absolute Gasteiger partial charge is 0.389 e. The average molecular weight is 238 g/mol. The second kappa shape index (κ2) is 4.38. The van der Waals surface area contributed by atoms with Gasteiger partial charge in [-0.05, 0) is 43.4 Å². The van der Waals surface area contributed by atoms with E-state index in [4.69, 9.17) is 0 Å². The third kappa shape index (κ3) is 1.95. The summed E-state index contributed by atoms with van der Waals surface area (Å²) in [5.41, 5.74) is -0.712. The number of hydrogen-bond acceptors (Lipinski definition) is 2. The van der Waals surface area contributed by atoms with Crippen molar-refractivity contribution in [3.8, 4) is 0 Å². The standard InChI is InChI=1S/C15H26O2/c1-9(2)12-6-5-11(4)15(17)8-7-10(3)14(16)13(12)15/h9-13,17H,5-8H2,1-4H3/t10-,11+,12-,13+,15-/m0/s1. The minimum Gasteiger partial charge on any atom is -0.389 e. The summed E-state index contributed by atoms with van der Waals surface area (Å²) in [6.07, 6.45) is 3.84. The van der Waals surface area contributed by atoms with Crippen molar-refractivity contribution in [2.24, 2.45) is 29.6 Å². The molecule has 2 rings (SSSR count). The minimum absolute atomic E-state index is 0.102. The molecule has 2 aliphatic carbocycles. The van der Waals surface area contributed by atoms with Crippen LogP contribution in [0.5, 0.6) is 0 Å². The Hall–Kier alpha value is -0.370. The van der Waals surface area contributed by atoms with E-state index in [-0.39, 0.29) is 17.8 Å². The maximum absolute atomic E-state index is 12.5. The summed E-state index contributed by atoms with van der Waals surface area (Å²) in [5.74, 6) is 1.52. The van der Waals surface area contributed by atoms with Crippen molar-refractivity contribution >= 4 is 5.78 Å². The van der Waals surface area contributed by atoms with Gasteiger partial charge in [0.25, 0.3) is 0 Å². The predicted octanol–water partition coefficient (Wildman–Crippen LogP) is 3.03.